The molecule has 1 amide bonds. The Morgan fingerprint density at radius 1 is 1.11 bits per heavy atom. The molecule has 140 valence electrons. The van der Waals surface area contributed by atoms with E-state index in [0.29, 0.717) is 19.7 Å². The quantitative estimate of drug-likeness (QED) is 0.643. The van der Waals surface area contributed by atoms with Crippen molar-refractivity contribution >= 4 is 5.91 Å². The number of nitrogens with zero attached hydrogens (tertiary/aromatic N) is 3. The average molecular weight is 363 g/mol. The van der Waals surface area contributed by atoms with Gasteiger partial charge >= 0.3 is 0 Å². The van der Waals surface area contributed by atoms with Crippen LogP contribution in [0, 0.1) is 13.8 Å². The number of para-hydroxylation sites is 1. The van der Waals surface area contributed by atoms with Crippen LogP contribution in [0.15, 0.2) is 60.8 Å². The van der Waals surface area contributed by atoms with Crippen LogP contribution in [0.5, 0.6) is 5.75 Å². The number of likely N-dealkylation sites (N-methyl/N-ethyl adjacent to an activating group) is 1. The monoisotopic (exact) mass is 363 g/mol. The first-order chi connectivity index (χ1) is 13.1. The molecule has 5 nitrogen and oxygen atoms in total. The van der Waals surface area contributed by atoms with E-state index in [2.05, 4.69) is 9.55 Å². The molecule has 0 aliphatic rings. The van der Waals surface area contributed by atoms with Gasteiger partial charge < -0.3 is 14.2 Å². The van der Waals surface area contributed by atoms with Crippen molar-refractivity contribution in [1.29, 1.82) is 0 Å². The van der Waals surface area contributed by atoms with Crippen molar-refractivity contribution in [2.24, 2.45) is 0 Å². The fraction of sp³-hybridized carbons (Fsp3) is 0.273. The number of hydrogen-bond donors (Lipinski definition) is 0. The van der Waals surface area contributed by atoms with Gasteiger partial charge in [0.15, 0.2) is 0 Å². The summed E-state index contributed by atoms with van der Waals surface area (Å²) in [7, 11) is 1.81. The molecular formula is C22H25N3O2. The highest BCUT2D eigenvalue weighted by molar-refractivity contribution is 5.95. The van der Waals surface area contributed by atoms with Crippen LogP contribution in [0.4, 0.5) is 0 Å². The van der Waals surface area contributed by atoms with Gasteiger partial charge in [0.25, 0.3) is 5.91 Å². The summed E-state index contributed by atoms with van der Waals surface area (Å²) in [5.41, 5.74) is 3.71. The van der Waals surface area contributed by atoms with Gasteiger partial charge in [-0.25, -0.2) is 0 Å². The third-order valence-corrected chi connectivity index (χ3v) is 4.64. The first kappa shape index (κ1) is 18.7. The third kappa shape index (κ3) is 4.56. The molecule has 0 atom stereocenters. The predicted molar refractivity (Wildman–Crippen MR) is 106 cm³/mol. The normalized spacial score (nSPS) is 10.6. The molecule has 27 heavy (non-hydrogen) atoms. The van der Waals surface area contributed by atoms with Crippen molar-refractivity contribution in [3.05, 3.63) is 83.4 Å². The largest absolute Gasteiger partial charge is 0.492 e. The highest BCUT2D eigenvalue weighted by atomic mass is 16.5. The molecular weight excluding hydrogens is 338 g/mol. The Balaban J connectivity index is 1.64. The molecule has 0 fully saturated rings. The van der Waals surface area contributed by atoms with Gasteiger partial charge in [0.2, 0.25) is 0 Å². The number of amides is 1. The summed E-state index contributed by atoms with van der Waals surface area (Å²) >= 11 is 0. The van der Waals surface area contributed by atoms with Crippen molar-refractivity contribution in [3.8, 4) is 5.75 Å². The number of rotatable bonds is 7. The lowest BCUT2D eigenvalue weighted by Gasteiger charge is -2.18. The van der Waals surface area contributed by atoms with Crippen molar-refractivity contribution in [1.82, 2.24) is 14.5 Å². The van der Waals surface area contributed by atoms with Crippen LogP contribution in [0.2, 0.25) is 0 Å². The second-order valence-electron chi connectivity index (χ2n) is 6.58. The van der Waals surface area contributed by atoms with Gasteiger partial charge in [0, 0.05) is 24.6 Å². The lowest BCUT2D eigenvalue weighted by molar-refractivity contribution is 0.0773. The van der Waals surface area contributed by atoms with Gasteiger partial charge in [-0.1, -0.05) is 24.3 Å². The number of hydrogen-bond acceptors (Lipinski definition) is 3. The molecule has 0 bridgehead atoms. The number of carbonyl (C=O) groups excluding carboxylic acids is 1. The fourth-order valence-electron chi connectivity index (χ4n) is 3.04. The molecule has 0 N–H and O–H groups in total. The van der Waals surface area contributed by atoms with E-state index >= 15 is 0 Å². The maximum atomic E-state index is 12.9. The van der Waals surface area contributed by atoms with Gasteiger partial charge in [-0.3, -0.25) is 9.78 Å². The standard InChI is InChI=1S/C22H25N3O2/c1-17-15-21(18(2)25(17)16-19-9-7-8-12-23-19)22(26)24(3)13-14-27-20-10-5-4-6-11-20/h4-12,15H,13-14,16H2,1-3H3. The van der Waals surface area contributed by atoms with Crippen LogP contribution in [0.1, 0.15) is 27.4 Å². The minimum Gasteiger partial charge on any atom is -0.492 e. The van der Waals surface area contributed by atoms with E-state index in [-0.39, 0.29) is 5.91 Å². The summed E-state index contributed by atoms with van der Waals surface area (Å²) < 4.78 is 7.82. The van der Waals surface area contributed by atoms with Gasteiger partial charge in [-0.15, -0.1) is 0 Å². The van der Waals surface area contributed by atoms with Gasteiger partial charge in [-0.05, 0) is 44.2 Å². The molecule has 2 heterocycles. The van der Waals surface area contributed by atoms with Crippen molar-refractivity contribution in [3.63, 3.8) is 0 Å². The number of aromatic nitrogens is 2. The minimum absolute atomic E-state index is 0.00651. The second kappa shape index (κ2) is 8.54. The van der Waals surface area contributed by atoms with E-state index in [1.807, 2.05) is 75.5 Å². The van der Waals surface area contributed by atoms with Crippen molar-refractivity contribution in [2.45, 2.75) is 20.4 Å². The molecule has 0 saturated heterocycles. The molecule has 1 aromatic carbocycles. The highest BCUT2D eigenvalue weighted by Gasteiger charge is 2.19. The van der Waals surface area contributed by atoms with E-state index in [9.17, 15) is 4.79 Å². The highest BCUT2D eigenvalue weighted by Crippen LogP contribution is 2.18. The van der Waals surface area contributed by atoms with Crippen molar-refractivity contribution < 1.29 is 9.53 Å². The fourth-order valence-corrected chi connectivity index (χ4v) is 3.04. The molecule has 0 aliphatic carbocycles. The SMILES string of the molecule is Cc1cc(C(=O)N(C)CCOc2ccccc2)c(C)n1Cc1ccccn1. The number of carbonyl (C=O) groups is 1. The van der Waals surface area contributed by atoms with Gasteiger partial charge in [-0.2, -0.15) is 0 Å². The smallest absolute Gasteiger partial charge is 0.255 e. The van der Waals surface area contributed by atoms with E-state index in [1.165, 1.54) is 0 Å². The summed E-state index contributed by atoms with van der Waals surface area (Å²) in [5.74, 6) is 0.818. The molecule has 5 heteroatoms. The number of ether oxygens (including phenoxy) is 1. The average Bonchev–Trinajstić information content (AvgIpc) is 2.97. The van der Waals surface area contributed by atoms with Crippen LogP contribution in [-0.4, -0.2) is 40.6 Å². The Morgan fingerprint density at radius 3 is 2.56 bits per heavy atom. The summed E-state index contributed by atoms with van der Waals surface area (Å²) in [4.78, 5) is 19.0. The van der Waals surface area contributed by atoms with E-state index < -0.39 is 0 Å². The summed E-state index contributed by atoms with van der Waals surface area (Å²) in [6.45, 7) is 5.64. The number of benzene rings is 1. The number of aryl methyl sites for hydroxylation is 1. The molecule has 3 aromatic rings. The van der Waals surface area contributed by atoms with Crippen LogP contribution >= 0.6 is 0 Å². The maximum absolute atomic E-state index is 12.9. The zero-order valence-electron chi connectivity index (χ0n) is 16.1. The van der Waals surface area contributed by atoms with E-state index in [4.69, 9.17) is 4.74 Å². The van der Waals surface area contributed by atoms with E-state index in [0.717, 1.165) is 28.4 Å². The summed E-state index contributed by atoms with van der Waals surface area (Å²) in [6, 6.07) is 17.5. The van der Waals surface area contributed by atoms with Crippen LogP contribution < -0.4 is 4.74 Å². The molecule has 0 aliphatic heterocycles. The second-order valence-corrected chi connectivity index (χ2v) is 6.58. The van der Waals surface area contributed by atoms with Crippen LogP contribution in [0.25, 0.3) is 0 Å². The summed E-state index contributed by atoms with van der Waals surface area (Å²) in [5, 5.41) is 0. The Hall–Kier alpha value is -3.08. The molecule has 0 saturated carbocycles. The minimum atomic E-state index is 0.00651. The maximum Gasteiger partial charge on any atom is 0.255 e. The number of pyridine rings is 1. The predicted octanol–water partition coefficient (Wildman–Crippen LogP) is 3.70. The Bertz CT molecular complexity index is 889. The van der Waals surface area contributed by atoms with Crippen LogP contribution in [0.3, 0.4) is 0 Å². The molecule has 2 aromatic heterocycles. The molecule has 0 unspecified atom stereocenters. The van der Waals surface area contributed by atoms with Gasteiger partial charge in [0.05, 0.1) is 24.3 Å². The zero-order valence-corrected chi connectivity index (χ0v) is 16.1. The zero-order chi connectivity index (χ0) is 19.2. The lowest BCUT2D eigenvalue weighted by Crippen LogP contribution is -2.31. The van der Waals surface area contributed by atoms with Crippen molar-refractivity contribution in [2.75, 3.05) is 20.2 Å². The Kier molecular flexibility index (Phi) is 5.91. The van der Waals surface area contributed by atoms with E-state index in [1.54, 1.807) is 11.1 Å². The molecule has 3 rings (SSSR count). The topological polar surface area (TPSA) is 47.4 Å². The first-order valence-electron chi connectivity index (χ1n) is 9.06. The Morgan fingerprint density at radius 2 is 1.85 bits per heavy atom. The lowest BCUT2D eigenvalue weighted by atomic mass is 10.2. The van der Waals surface area contributed by atoms with Gasteiger partial charge in [0.1, 0.15) is 12.4 Å². The third-order valence-electron chi connectivity index (χ3n) is 4.64. The molecule has 0 spiro atoms. The van der Waals surface area contributed by atoms with Crippen LogP contribution in [-0.2, 0) is 6.54 Å². The Labute approximate surface area is 160 Å². The summed E-state index contributed by atoms with van der Waals surface area (Å²) in [6.07, 6.45) is 1.79. The first-order valence-corrected chi connectivity index (χ1v) is 9.06. The molecule has 0 radical (unpaired) electrons.